The summed E-state index contributed by atoms with van der Waals surface area (Å²) < 4.78 is 10.7. The average molecular weight is 356 g/mol. The number of para-hydroxylation sites is 1. The van der Waals surface area contributed by atoms with Crippen LogP contribution in [-0.2, 0) is 16.1 Å². The van der Waals surface area contributed by atoms with Gasteiger partial charge in [-0.2, -0.15) is 0 Å². The second kappa shape index (κ2) is 8.62. The van der Waals surface area contributed by atoms with Crippen molar-refractivity contribution < 1.29 is 14.3 Å². The van der Waals surface area contributed by atoms with E-state index in [4.69, 9.17) is 9.47 Å². The van der Waals surface area contributed by atoms with E-state index in [0.29, 0.717) is 19.7 Å². The number of aromatic nitrogens is 2. The Hall–Kier alpha value is -2.67. The number of rotatable bonds is 7. The fourth-order valence-corrected chi connectivity index (χ4v) is 3.36. The number of carbonyl (C=O) groups excluding carboxylic acids is 1. The minimum absolute atomic E-state index is 0.0179. The SMILES string of the molecule is COC[C@@H]1CN(c2cnccn2)C[C@H]1C(=O)NCc1ccccc1OC. The van der Waals surface area contributed by atoms with Gasteiger partial charge in [-0.25, -0.2) is 4.98 Å². The number of hydrogen-bond donors (Lipinski definition) is 1. The van der Waals surface area contributed by atoms with Gasteiger partial charge >= 0.3 is 0 Å². The highest BCUT2D eigenvalue weighted by Gasteiger charge is 2.38. The smallest absolute Gasteiger partial charge is 0.225 e. The van der Waals surface area contributed by atoms with Gasteiger partial charge in [-0.1, -0.05) is 18.2 Å². The monoisotopic (exact) mass is 356 g/mol. The van der Waals surface area contributed by atoms with Crippen LogP contribution < -0.4 is 15.0 Å². The van der Waals surface area contributed by atoms with Crippen LogP contribution >= 0.6 is 0 Å². The van der Waals surface area contributed by atoms with Crippen molar-refractivity contribution in [2.75, 3.05) is 38.8 Å². The number of benzene rings is 1. The summed E-state index contributed by atoms with van der Waals surface area (Å²) in [5.41, 5.74) is 0.954. The van der Waals surface area contributed by atoms with Crippen LogP contribution in [0.5, 0.6) is 5.75 Å². The van der Waals surface area contributed by atoms with E-state index in [1.54, 1.807) is 32.8 Å². The summed E-state index contributed by atoms with van der Waals surface area (Å²) >= 11 is 0. The van der Waals surface area contributed by atoms with Crippen molar-refractivity contribution in [2.45, 2.75) is 6.54 Å². The van der Waals surface area contributed by atoms with E-state index in [0.717, 1.165) is 23.7 Å². The summed E-state index contributed by atoms with van der Waals surface area (Å²) in [6, 6.07) is 7.69. The third-order valence-electron chi connectivity index (χ3n) is 4.68. The normalized spacial score (nSPS) is 19.4. The number of methoxy groups -OCH3 is 2. The zero-order chi connectivity index (χ0) is 18.4. The van der Waals surface area contributed by atoms with Crippen LogP contribution in [0.15, 0.2) is 42.9 Å². The Balaban J connectivity index is 1.66. The molecule has 2 heterocycles. The molecule has 3 rings (SSSR count). The minimum atomic E-state index is -0.160. The lowest BCUT2D eigenvalue weighted by Gasteiger charge is -2.17. The summed E-state index contributed by atoms with van der Waals surface area (Å²) in [6.07, 6.45) is 5.03. The van der Waals surface area contributed by atoms with Gasteiger partial charge in [-0.05, 0) is 6.07 Å². The first-order valence-corrected chi connectivity index (χ1v) is 8.62. The van der Waals surface area contributed by atoms with E-state index in [2.05, 4.69) is 20.2 Å². The summed E-state index contributed by atoms with van der Waals surface area (Å²) in [6.45, 7) is 2.29. The van der Waals surface area contributed by atoms with Gasteiger partial charge in [0.25, 0.3) is 0 Å². The average Bonchev–Trinajstić information content (AvgIpc) is 3.11. The largest absolute Gasteiger partial charge is 0.496 e. The molecule has 0 aliphatic carbocycles. The van der Waals surface area contributed by atoms with E-state index in [9.17, 15) is 4.79 Å². The van der Waals surface area contributed by atoms with Gasteiger partial charge < -0.3 is 19.7 Å². The van der Waals surface area contributed by atoms with Gasteiger partial charge in [0.2, 0.25) is 5.91 Å². The molecule has 2 atom stereocenters. The predicted molar refractivity (Wildman–Crippen MR) is 97.9 cm³/mol. The highest BCUT2D eigenvalue weighted by molar-refractivity contribution is 5.80. The van der Waals surface area contributed by atoms with Crippen molar-refractivity contribution >= 4 is 11.7 Å². The van der Waals surface area contributed by atoms with Gasteiger partial charge in [-0.3, -0.25) is 9.78 Å². The quantitative estimate of drug-likeness (QED) is 0.810. The summed E-state index contributed by atoms with van der Waals surface area (Å²) in [5, 5.41) is 3.04. The lowest BCUT2D eigenvalue weighted by molar-refractivity contribution is -0.126. The molecule has 138 valence electrons. The van der Waals surface area contributed by atoms with Gasteiger partial charge in [0, 0.05) is 50.6 Å². The molecule has 7 heteroatoms. The van der Waals surface area contributed by atoms with Crippen LogP contribution in [0, 0.1) is 11.8 Å². The lowest BCUT2D eigenvalue weighted by atomic mass is 9.96. The number of anilines is 1. The Bertz CT molecular complexity index is 726. The first-order chi connectivity index (χ1) is 12.7. The van der Waals surface area contributed by atoms with Crippen LogP contribution in [0.25, 0.3) is 0 Å². The molecule has 1 N–H and O–H groups in total. The first kappa shape index (κ1) is 18.1. The molecule has 0 spiro atoms. The molecule has 1 aromatic heterocycles. The number of nitrogens with zero attached hydrogens (tertiary/aromatic N) is 3. The molecule has 1 fully saturated rings. The van der Waals surface area contributed by atoms with Crippen LogP contribution in [0.4, 0.5) is 5.82 Å². The Kier molecular flexibility index (Phi) is 6.01. The standard InChI is InChI=1S/C19H24N4O3/c1-25-13-15-11-23(18-10-20-7-8-21-18)12-16(15)19(24)22-9-14-5-3-4-6-17(14)26-2/h3-8,10,15-16H,9,11-13H2,1-2H3,(H,22,24)/t15-,16+/m0/s1. The third kappa shape index (κ3) is 4.11. The third-order valence-corrected chi connectivity index (χ3v) is 4.68. The number of hydrogen-bond acceptors (Lipinski definition) is 6. The van der Waals surface area contributed by atoms with Gasteiger partial charge in [0.05, 0.1) is 25.8 Å². The maximum Gasteiger partial charge on any atom is 0.225 e. The molecule has 1 saturated heterocycles. The highest BCUT2D eigenvalue weighted by atomic mass is 16.5. The topological polar surface area (TPSA) is 76.6 Å². The highest BCUT2D eigenvalue weighted by Crippen LogP contribution is 2.27. The Morgan fingerprint density at radius 3 is 2.85 bits per heavy atom. The van der Waals surface area contributed by atoms with E-state index in [1.165, 1.54) is 0 Å². The van der Waals surface area contributed by atoms with Crippen molar-refractivity contribution in [3.63, 3.8) is 0 Å². The molecule has 0 unspecified atom stereocenters. The molecule has 7 nitrogen and oxygen atoms in total. The summed E-state index contributed by atoms with van der Waals surface area (Å²) in [4.78, 5) is 23.4. The number of carbonyl (C=O) groups is 1. The molecule has 1 aliphatic rings. The van der Waals surface area contributed by atoms with Crippen LogP contribution in [0.3, 0.4) is 0 Å². The van der Waals surface area contributed by atoms with E-state index >= 15 is 0 Å². The molecular weight excluding hydrogens is 332 g/mol. The van der Waals surface area contributed by atoms with Crippen molar-refractivity contribution in [1.29, 1.82) is 0 Å². The zero-order valence-corrected chi connectivity index (χ0v) is 15.1. The molecule has 1 aromatic carbocycles. The zero-order valence-electron chi connectivity index (χ0n) is 15.1. The number of amides is 1. The number of nitrogens with one attached hydrogen (secondary N) is 1. The second-order valence-electron chi connectivity index (χ2n) is 6.32. The maximum atomic E-state index is 12.8. The van der Waals surface area contributed by atoms with Gasteiger partial charge in [-0.15, -0.1) is 0 Å². The van der Waals surface area contributed by atoms with Gasteiger partial charge in [0.15, 0.2) is 0 Å². The Morgan fingerprint density at radius 2 is 2.12 bits per heavy atom. The van der Waals surface area contributed by atoms with Crippen LogP contribution in [0.1, 0.15) is 5.56 Å². The molecule has 26 heavy (non-hydrogen) atoms. The predicted octanol–water partition coefficient (Wildman–Crippen LogP) is 1.50. The summed E-state index contributed by atoms with van der Waals surface area (Å²) in [5.74, 6) is 1.53. The fourth-order valence-electron chi connectivity index (χ4n) is 3.36. The molecule has 1 aliphatic heterocycles. The van der Waals surface area contributed by atoms with E-state index < -0.39 is 0 Å². The van der Waals surface area contributed by atoms with Crippen LogP contribution in [0.2, 0.25) is 0 Å². The maximum absolute atomic E-state index is 12.8. The molecule has 0 bridgehead atoms. The van der Waals surface area contributed by atoms with E-state index in [1.807, 2.05) is 24.3 Å². The van der Waals surface area contributed by atoms with Crippen molar-refractivity contribution in [1.82, 2.24) is 15.3 Å². The fraction of sp³-hybridized carbons (Fsp3) is 0.421. The molecule has 0 saturated carbocycles. The molecule has 2 aromatic rings. The molecule has 1 amide bonds. The minimum Gasteiger partial charge on any atom is -0.496 e. The van der Waals surface area contributed by atoms with Crippen molar-refractivity contribution in [3.8, 4) is 5.75 Å². The second-order valence-corrected chi connectivity index (χ2v) is 6.32. The van der Waals surface area contributed by atoms with Crippen molar-refractivity contribution in [2.24, 2.45) is 11.8 Å². The molecule has 0 radical (unpaired) electrons. The Morgan fingerprint density at radius 1 is 1.27 bits per heavy atom. The van der Waals surface area contributed by atoms with Crippen molar-refractivity contribution in [3.05, 3.63) is 48.4 Å². The number of ether oxygens (including phenoxy) is 2. The van der Waals surface area contributed by atoms with Gasteiger partial charge in [0.1, 0.15) is 11.6 Å². The van der Waals surface area contributed by atoms with E-state index in [-0.39, 0.29) is 17.7 Å². The lowest BCUT2D eigenvalue weighted by Crippen LogP contribution is -2.36. The molecular formula is C19H24N4O3. The first-order valence-electron chi connectivity index (χ1n) is 8.62. The summed E-state index contributed by atoms with van der Waals surface area (Å²) in [7, 11) is 3.29. The van der Waals surface area contributed by atoms with Crippen LogP contribution in [-0.4, -0.2) is 49.8 Å². The Labute approximate surface area is 153 Å².